The number of hydrogen-bond acceptors (Lipinski definition) is 1. The standard InChI is InChI=1S/C16H15Cl2F2N/c1-21-13(7-10-5-6-12(19)9-14(10)17)8-11-3-2-4-15(20)16(11)18/h2-6,9,13,21H,7-8H2,1H3. The number of likely N-dealkylation sites (N-methyl/N-ethyl adjacent to an activating group) is 1. The SMILES string of the molecule is CNC(Cc1ccc(F)cc1Cl)Cc1cccc(F)c1Cl. The summed E-state index contributed by atoms with van der Waals surface area (Å²) < 4.78 is 26.5. The van der Waals surface area contributed by atoms with Crippen molar-refractivity contribution < 1.29 is 8.78 Å². The highest BCUT2D eigenvalue weighted by molar-refractivity contribution is 6.31. The van der Waals surface area contributed by atoms with Crippen LogP contribution >= 0.6 is 23.2 Å². The molecule has 0 radical (unpaired) electrons. The van der Waals surface area contributed by atoms with Crippen molar-refractivity contribution in [2.45, 2.75) is 18.9 Å². The molecule has 112 valence electrons. The lowest BCUT2D eigenvalue weighted by Gasteiger charge is -2.18. The Labute approximate surface area is 132 Å². The van der Waals surface area contributed by atoms with Crippen molar-refractivity contribution in [3.8, 4) is 0 Å². The molecular formula is C16H15Cl2F2N. The van der Waals surface area contributed by atoms with Crippen LogP contribution in [0.4, 0.5) is 8.78 Å². The molecule has 0 aromatic heterocycles. The van der Waals surface area contributed by atoms with Gasteiger partial charge < -0.3 is 5.32 Å². The highest BCUT2D eigenvalue weighted by atomic mass is 35.5. The zero-order valence-corrected chi connectivity index (χ0v) is 13.0. The smallest absolute Gasteiger partial charge is 0.142 e. The molecule has 0 fully saturated rings. The van der Waals surface area contributed by atoms with Gasteiger partial charge in [0.05, 0.1) is 5.02 Å². The Morgan fingerprint density at radius 2 is 1.76 bits per heavy atom. The normalized spacial score (nSPS) is 12.4. The lowest BCUT2D eigenvalue weighted by molar-refractivity contribution is 0.552. The average Bonchev–Trinajstić information content (AvgIpc) is 2.45. The second-order valence-electron chi connectivity index (χ2n) is 4.84. The zero-order chi connectivity index (χ0) is 15.4. The third-order valence-electron chi connectivity index (χ3n) is 3.39. The summed E-state index contributed by atoms with van der Waals surface area (Å²) in [5, 5.41) is 3.69. The predicted molar refractivity (Wildman–Crippen MR) is 83.1 cm³/mol. The molecule has 0 spiro atoms. The van der Waals surface area contributed by atoms with Gasteiger partial charge in [-0.2, -0.15) is 0 Å². The van der Waals surface area contributed by atoms with Crippen LogP contribution in [0.5, 0.6) is 0 Å². The fourth-order valence-electron chi connectivity index (χ4n) is 2.20. The minimum atomic E-state index is -0.427. The molecule has 0 bridgehead atoms. The summed E-state index contributed by atoms with van der Waals surface area (Å²) >= 11 is 12.0. The number of nitrogens with one attached hydrogen (secondary N) is 1. The monoisotopic (exact) mass is 329 g/mol. The van der Waals surface area contributed by atoms with Crippen molar-refractivity contribution in [3.05, 3.63) is 69.2 Å². The van der Waals surface area contributed by atoms with E-state index in [1.165, 1.54) is 18.2 Å². The van der Waals surface area contributed by atoms with E-state index in [0.29, 0.717) is 17.9 Å². The van der Waals surface area contributed by atoms with Gasteiger partial charge in [0.25, 0.3) is 0 Å². The summed E-state index contributed by atoms with van der Waals surface area (Å²) in [4.78, 5) is 0. The first-order chi connectivity index (χ1) is 10.0. The fraction of sp³-hybridized carbons (Fsp3) is 0.250. The summed E-state index contributed by atoms with van der Waals surface area (Å²) in [5.41, 5.74) is 1.57. The zero-order valence-electron chi connectivity index (χ0n) is 11.5. The molecule has 0 heterocycles. The van der Waals surface area contributed by atoms with Gasteiger partial charge in [-0.1, -0.05) is 41.4 Å². The van der Waals surface area contributed by atoms with Crippen LogP contribution in [0.15, 0.2) is 36.4 Å². The molecule has 0 saturated heterocycles. The largest absolute Gasteiger partial charge is 0.316 e. The molecule has 1 unspecified atom stereocenters. The van der Waals surface area contributed by atoms with Crippen LogP contribution in [-0.2, 0) is 12.8 Å². The van der Waals surface area contributed by atoms with E-state index in [4.69, 9.17) is 23.2 Å². The molecule has 2 aromatic rings. The number of rotatable bonds is 5. The van der Waals surface area contributed by atoms with Crippen LogP contribution in [0.1, 0.15) is 11.1 Å². The summed E-state index contributed by atoms with van der Waals surface area (Å²) in [6.45, 7) is 0. The maximum Gasteiger partial charge on any atom is 0.142 e. The molecule has 2 aromatic carbocycles. The highest BCUT2D eigenvalue weighted by Gasteiger charge is 2.14. The molecule has 21 heavy (non-hydrogen) atoms. The summed E-state index contributed by atoms with van der Waals surface area (Å²) in [6.07, 6.45) is 1.16. The van der Waals surface area contributed by atoms with Crippen molar-refractivity contribution in [2.75, 3.05) is 7.05 Å². The van der Waals surface area contributed by atoms with E-state index in [9.17, 15) is 8.78 Å². The molecule has 0 aliphatic heterocycles. The lowest BCUT2D eigenvalue weighted by atomic mass is 9.99. The third kappa shape index (κ3) is 4.16. The minimum absolute atomic E-state index is 0.0206. The average molecular weight is 330 g/mol. The minimum Gasteiger partial charge on any atom is -0.316 e. The van der Waals surface area contributed by atoms with Gasteiger partial charge in [-0.05, 0) is 49.2 Å². The Kier molecular flexibility index (Phi) is 5.57. The van der Waals surface area contributed by atoms with E-state index in [0.717, 1.165) is 11.1 Å². The van der Waals surface area contributed by atoms with Crippen molar-refractivity contribution in [3.63, 3.8) is 0 Å². The molecular weight excluding hydrogens is 315 g/mol. The van der Waals surface area contributed by atoms with E-state index >= 15 is 0 Å². The Bertz CT molecular complexity index is 632. The Balaban J connectivity index is 2.15. The summed E-state index contributed by atoms with van der Waals surface area (Å²) in [5.74, 6) is -0.790. The first kappa shape index (κ1) is 16.2. The quantitative estimate of drug-likeness (QED) is 0.842. The van der Waals surface area contributed by atoms with Crippen molar-refractivity contribution in [1.29, 1.82) is 0 Å². The van der Waals surface area contributed by atoms with Gasteiger partial charge in [0.15, 0.2) is 0 Å². The van der Waals surface area contributed by atoms with E-state index < -0.39 is 5.82 Å². The van der Waals surface area contributed by atoms with Gasteiger partial charge in [0.1, 0.15) is 11.6 Å². The molecule has 5 heteroatoms. The van der Waals surface area contributed by atoms with Crippen LogP contribution in [0.3, 0.4) is 0 Å². The molecule has 1 N–H and O–H groups in total. The molecule has 0 amide bonds. The molecule has 0 saturated carbocycles. The number of benzene rings is 2. The Hall–Kier alpha value is -1.16. The third-order valence-corrected chi connectivity index (χ3v) is 4.16. The number of halogens is 4. The van der Waals surface area contributed by atoms with Crippen LogP contribution in [0, 0.1) is 11.6 Å². The van der Waals surface area contributed by atoms with Gasteiger partial charge in [-0.15, -0.1) is 0 Å². The first-order valence-electron chi connectivity index (χ1n) is 6.55. The van der Waals surface area contributed by atoms with E-state index in [1.54, 1.807) is 18.2 Å². The van der Waals surface area contributed by atoms with Crippen molar-refractivity contribution >= 4 is 23.2 Å². The van der Waals surface area contributed by atoms with Crippen LogP contribution in [0.25, 0.3) is 0 Å². The summed E-state index contributed by atoms with van der Waals surface area (Å²) in [6, 6.07) is 9.11. The lowest BCUT2D eigenvalue weighted by Crippen LogP contribution is -2.30. The molecule has 0 aliphatic rings. The van der Waals surface area contributed by atoms with Crippen LogP contribution in [-0.4, -0.2) is 13.1 Å². The van der Waals surface area contributed by atoms with Crippen molar-refractivity contribution in [1.82, 2.24) is 5.32 Å². The van der Waals surface area contributed by atoms with Gasteiger partial charge in [-0.3, -0.25) is 0 Å². The maximum absolute atomic E-state index is 13.5. The second-order valence-corrected chi connectivity index (χ2v) is 5.63. The van der Waals surface area contributed by atoms with Gasteiger partial charge in [-0.25, -0.2) is 8.78 Å². The molecule has 1 atom stereocenters. The van der Waals surface area contributed by atoms with Crippen LogP contribution in [0.2, 0.25) is 10.0 Å². The Morgan fingerprint density at radius 1 is 1.05 bits per heavy atom. The Morgan fingerprint density at radius 3 is 2.43 bits per heavy atom. The molecule has 1 nitrogen and oxygen atoms in total. The number of hydrogen-bond donors (Lipinski definition) is 1. The second kappa shape index (κ2) is 7.21. The van der Waals surface area contributed by atoms with Gasteiger partial charge in [0.2, 0.25) is 0 Å². The van der Waals surface area contributed by atoms with Crippen molar-refractivity contribution in [2.24, 2.45) is 0 Å². The first-order valence-corrected chi connectivity index (χ1v) is 7.31. The molecule has 2 rings (SSSR count). The van der Waals surface area contributed by atoms with Gasteiger partial charge in [0, 0.05) is 11.1 Å². The maximum atomic E-state index is 13.5. The van der Waals surface area contributed by atoms with Crippen LogP contribution < -0.4 is 5.32 Å². The predicted octanol–water partition coefficient (Wildman–Crippen LogP) is 4.64. The highest BCUT2D eigenvalue weighted by Crippen LogP contribution is 2.23. The van der Waals surface area contributed by atoms with E-state index in [-0.39, 0.29) is 16.9 Å². The summed E-state index contributed by atoms with van der Waals surface area (Å²) in [7, 11) is 1.81. The van der Waals surface area contributed by atoms with E-state index in [1.807, 2.05) is 7.05 Å². The van der Waals surface area contributed by atoms with Gasteiger partial charge >= 0.3 is 0 Å². The molecule has 0 aliphatic carbocycles. The topological polar surface area (TPSA) is 12.0 Å². The van der Waals surface area contributed by atoms with E-state index in [2.05, 4.69) is 5.32 Å². The fourth-order valence-corrected chi connectivity index (χ4v) is 2.65.